The number of carbonyl (C=O) groups excluding carboxylic acids is 1. The minimum atomic E-state index is 0.468. The summed E-state index contributed by atoms with van der Waals surface area (Å²) in [5, 5.41) is 4.16. The summed E-state index contributed by atoms with van der Waals surface area (Å²) in [6.07, 6.45) is 2.58. The molecule has 1 aromatic carbocycles. The number of aromatic nitrogens is 2. The molecule has 82 valence electrons. The summed E-state index contributed by atoms with van der Waals surface area (Å²) in [5.41, 5.74) is 2.23. The highest BCUT2D eigenvalue weighted by molar-refractivity contribution is 5.73. The van der Waals surface area contributed by atoms with Crippen LogP contribution in [0.1, 0.15) is 16.1 Å². The number of methoxy groups -OCH3 is 1. The molecule has 16 heavy (non-hydrogen) atoms. The Morgan fingerprint density at radius 1 is 1.31 bits per heavy atom. The molecule has 0 spiro atoms. The minimum Gasteiger partial charge on any atom is -0.497 e. The number of benzene rings is 1. The predicted octanol–water partition coefficient (Wildman–Crippen LogP) is 2.00. The molecule has 0 amide bonds. The number of ether oxygens (including phenoxy) is 1. The standard InChI is InChI=1S/C12H12N2O2/c1-9-7-14(13-12(9)8-15)10-3-5-11(16-2)6-4-10/h3-8H,1-2H3. The van der Waals surface area contributed by atoms with Gasteiger partial charge in [0.2, 0.25) is 0 Å². The number of aldehydes is 1. The van der Waals surface area contributed by atoms with E-state index in [-0.39, 0.29) is 0 Å². The Kier molecular flexibility index (Phi) is 2.72. The molecular weight excluding hydrogens is 204 g/mol. The molecule has 0 radical (unpaired) electrons. The summed E-state index contributed by atoms with van der Waals surface area (Å²) in [6, 6.07) is 7.49. The monoisotopic (exact) mass is 216 g/mol. The molecule has 0 atom stereocenters. The van der Waals surface area contributed by atoms with Gasteiger partial charge in [0.25, 0.3) is 0 Å². The Balaban J connectivity index is 2.38. The average Bonchev–Trinajstić information content (AvgIpc) is 2.71. The lowest BCUT2D eigenvalue weighted by Crippen LogP contribution is -1.95. The Morgan fingerprint density at radius 3 is 2.50 bits per heavy atom. The van der Waals surface area contributed by atoms with Crippen molar-refractivity contribution >= 4 is 6.29 Å². The van der Waals surface area contributed by atoms with E-state index in [1.165, 1.54) is 0 Å². The largest absolute Gasteiger partial charge is 0.497 e. The molecule has 0 aliphatic rings. The van der Waals surface area contributed by atoms with E-state index in [0.29, 0.717) is 5.69 Å². The molecule has 0 bridgehead atoms. The first-order valence-corrected chi connectivity index (χ1v) is 4.90. The SMILES string of the molecule is COc1ccc(-n2cc(C)c(C=O)n2)cc1. The van der Waals surface area contributed by atoms with Crippen molar-refractivity contribution in [1.29, 1.82) is 0 Å². The molecule has 0 saturated carbocycles. The van der Waals surface area contributed by atoms with Crippen LogP contribution in [0.2, 0.25) is 0 Å². The highest BCUT2D eigenvalue weighted by atomic mass is 16.5. The van der Waals surface area contributed by atoms with Gasteiger partial charge in [0.05, 0.1) is 12.8 Å². The summed E-state index contributed by atoms with van der Waals surface area (Å²) in [4.78, 5) is 10.7. The van der Waals surface area contributed by atoms with Gasteiger partial charge in [-0.15, -0.1) is 0 Å². The molecule has 2 rings (SSSR count). The fraction of sp³-hybridized carbons (Fsp3) is 0.167. The number of nitrogens with zero attached hydrogens (tertiary/aromatic N) is 2. The number of rotatable bonds is 3. The van der Waals surface area contributed by atoms with Crippen LogP contribution in [-0.4, -0.2) is 23.2 Å². The van der Waals surface area contributed by atoms with Crippen LogP contribution < -0.4 is 4.74 Å². The summed E-state index contributed by atoms with van der Waals surface area (Å²) >= 11 is 0. The van der Waals surface area contributed by atoms with Gasteiger partial charge in [0.1, 0.15) is 11.4 Å². The van der Waals surface area contributed by atoms with E-state index in [4.69, 9.17) is 4.74 Å². The van der Waals surface area contributed by atoms with Crippen LogP contribution in [0.5, 0.6) is 5.75 Å². The summed E-state index contributed by atoms with van der Waals surface area (Å²) < 4.78 is 6.75. The Labute approximate surface area is 93.5 Å². The zero-order valence-corrected chi connectivity index (χ0v) is 9.18. The van der Waals surface area contributed by atoms with Crippen molar-refractivity contribution in [2.24, 2.45) is 0 Å². The van der Waals surface area contributed by atoms with E-state index >= 15 is 0 Å². The lowest BCUT2D eigenvalue weighted by atomic mass is 10.3. The second-order valence-corrected chi connectivity index (χ2v) is 3.46. The molecular formula is C12H12N2O2. The molecule has 0 N–H and O–H groups in total. The highest BCUT2D eigenvalue weighted by Gasteiger charge is 2.05. The van der Waals surface area contributed by atoms with Gasteiger partial charge < -0.3 is 4.74 Å². The van der Waals surface area contributed by atoms with Crippen molar-refractivity contribution in [2.75, 3.05) is 7.11 Å². The maximum atomic E-state index is 10.7. The van der Waals surface area contributed by atoms with Crippen molar-refractivity contribution in [3.63, 3.8) is 0 Å². The van der Waals surface area contributed by atoms with Crippen LogP contribution in [-0.2, 0) is 0 Å². The first kappa shape index (κ1) is 10.4. The third kappa shape index (κ3) is 1.82. The van der Waals surface area contributed by atoms with Gasteiger partial charge in [0, 0.05) is 6.20 Å². The first-order valence-electron chi connectivity index (χ1n) is 4.90. The Hall–Kier alpha value is -2.10. The third-order valence-electron chi connectivity index (χ3n) is 2.38. The molecule has 2 aromatic rings. The van der Waals surface area contributed by atoms with Gasteiger partial charge in [-0.2, -0.15) is 5.10 Å². The van der Waals surface area contributed by atoms with E-state index in [0.717, 1.165) is 23.3 Å². The summed E-state index contributed by atoms with van der Waals surface area (Å²) in [7, 11) is 1.62. The van der Waals surface area contributed by atoms with Crippen molar-refractivity contribution < 1.29 is 9.53 Å². The van der Waals surface area contributed by atoms with Crippen molar-refractivity contribution in [3.05, 3.63) is 41.7 Å². The molecule has 1 aromatic heterocycles. The fourth-order valence-corrected chi connectivity index (χ4v) is 1.46. The van der Waals surface area contributed by atoms with E-state index in [2.05, 4.69) is 5.10 Å². The lowest BCUT2D eigenvalue weighted by molar-refractivity contribution is 0.111. The highest BCUT2D eigenvalue weighted by Crippen LogP contribution is 2.15. The van der Waals surface area contributed by atoms with Crippen molar-refractivity contribution in [2.45, 2.75) is 6.92 Å². The average molecular weight is 216 g/mol. The van der Waals surface area contributed by atoms with E-state index in [1.54, 1.807) is 11.8 Å². The van der Waals surface area contributed by atoms with Crippen molar-refractivity contribution in [3.8, 4) is 11.4 Å². The molecule has 4 nitrogen and oxygen atoms in total. The quantitative estimate of drug-likeness (QED) is 0.737. The zero-order chi connectivity index (χ0) is 11.5. The summed E-state index contributed by atoms with van der Waals surface area (Å²) in [6.45, 7) is 1.86. The predicted molar refractivity (Wildman–Crippen MR) is 60.2 cm³/mol. The smallest absolute Gasteiger partial charge is 0.170 e. The van der Waals surface area contributed by atoms with E-state index in [9.17, 15) is 4.79 Å². The van der Waals surface area contributed by atoms with E-state index < -0.39 is 0 Å². The number of hydrogen-bond acceptors (Lipinski definition) is 3. The van der Waals surface area contributed by atoms with Gasteiger partial charge in [-0.25, -0.2) is 4.68 Å². The van der Waals surface area contributed by atoms with Crippen LogP contribution in [0, 0.1) is 6.92 Å². The van der Waals surface area contributed by atoms with E-state index in [1.807, 2.05) is 37.4 Å². The number of carbonyl (C=O) groups is 1. The zero-order valence-electron chi connectivity index (χ0n) is 9.18. The molecule has 0 unspecified atom stereocenters. The normalized spacial score (nSPS) is 10.1. The van der Waals surface area contributed by atoms with Gasteiger partial charge in [-0.3, -0.25) is 4.79 Å². The van der Waals surface area contributed by atoms with Gasteiger partial charge in [-0.1, -0.05) is 0 Å². The van der Waals surface area contributed by atoms with Crippen LogP contribution >= 0.6 is 0 Å². The molecule has 1 heterocycles. The Morgan fingerprint density at radius 2 is 2.00 bits per heavy atom. The second-order valence-electron chi connectivity index (χ2n) is 3.46. The second kappa shape index (κ2) is 4.18. The van der Waals surface area contributed by atoms with Gasteiger partial charge in [-0.05, 0) is 36.8 Å². The summed E-state index contributed by atoms with van der Waals surface area (Å²) in [5.74, 6) is 0.795. The molecule has 0 saturated heterocycles. The third-order valence-corrected chi connectivity index (χ3v) is 2.38. The van der Waals surface area contributed by atoms with Crippen LogP contribution in [0.3, 0.4) is 0 Å². The van der Waals surface area contributed by atoms with Crippen LogP contribution in [0.15, 0.2) is 30.5 Å². The minimum absolute atomic E-state index is 0.468. The Bertz CT molecular complexity index is 500. The van der Waals surface area contributed by atoms with Gasteiger partial charge in [0.15, 0.2) is 6.29 Å². The molecule has 4 heteroatoms. The number of aryl methyl sites for hydroxylation is 1. The van der Waals surface area contributed by atoms with Gasteiger partial charge >= 0.3 is 0 Å². The maximum absolute atomic E-state index is 10.7. The molecule has 0 aliphatic heterocycles. The van der Waals surface area contributed by atoms with Crippen LogP contribution in [0.4, 0.5) is 0 Å². The first-order chi connectivity index (χ1) is 7.74. The molecule has 0 aliphatic carbocycles. The topological polar surface area (TPSA) is 44.1 Å². The fourth-order valence-electron chi connectivity index (χ4n) is 1.46. The maximum Gasteiger partial charge on any atom is 0.170 e. The van der Waals surface area contributed by atoms with Crippen molar-refractivity contribution in [1.82, 2.24) is 9.78 Å². The molecule has 0 fully saturated rings. The number of hydrogen-bond donors (Lipinski definition) is 0. The van der Waals surface area contributed by atoms with Crippen LogP contribution in [0.25, 0.3) is 5.69 Å². The lowest BCUT2D eigenvalue weighted by Gasteiger charge is -2.02.